The van der Waals surface area contributed by atoms with Gasteiger partial charge in [0.05, 0.1) is 5.75 Å². The fraction of sp³-hybridized carbons (Fsp3) is 0.438. The minimum absolute atomic E-state index is 0.0515. The molecule has 1 aromatic heterocycles. The molecule has 7 heteroatoms. The molecular formula is C16H20N4O2S. The largest absolute Gasteiger partial charge is 0.483 e. The highest BCUT2D eigenvalue weighted by molar-refractivity contribution is 7.99. The van der Waals surface area contributed by atoms with E-state index >= 15 is 0 Å². The van der Waals surface area contributed by atoms with E-state index < -0.39 is 0 Å². The van der Waals surface area contributed by atoms with Gasteiger partial charge in [0.25, 0.3) is 0 Å². The van der Waals surface area contributed by atoms with E-state index in [2.05, 4.69) is 15.5 Å². The highest BCUT2D eigenvalue weighted by atomic mass is 32.2. The lowest BCUT2D eigenvalue weighted by atomic mass is 10.3. The standard InChI is InChI=1S/C16H20N4O2S/c1-11(22-13-6-4-3-5-7-13)15-18-19-16(20(15)2)23-10-14(21)17-12-8-9-12/h3-7,11-12H,8-10H2,1-2H3,(H,17,21). The minimum atomic E-state index is -0.218. The van der Waals surface area contributed by atoms with Crippen LogP contribution in [0.3, 0.4) is 0 Å². The van der Waals surface area contributed by atoms with E-state index in [9.17, 15) is 4.79 Å². The first-order valence-electron chi connectivity index (χ1n) is 7.66. The molecule has 0 radical (unpaired) electrons. The molecule has 2 aromatic rings. The van der Waals surface area contributed by atoms with E-state index in [1.54, 1.807) is 0 Å². The number of benzene rings is 1. The van der Waals surface area contributed by atoms with E-state index in [4.69, 9.17) is 4.74 Å². The van der Waals surface area contributed by atoms with Gasteiger partial charge in [-0.05, 0) is 31.9 Å². The third-order valence-electron chi connectivity index (χ3n) is 3.56. The van der Waals surface area contributed by atoms with Crippen LogP contribution in [0.25, 0.3) is 0 Å². The summed E-state index contributed by atoms with van der Waals surface area (Å²) in [5.74, 6) is 1.94. The molecule has 1 heterocycles. The Bertz CT molecular complexity index is 670. The number of nitrogens with one attached hydrogen (secondary N) is 1. The third-order valence-corrected chi connectivity index (χ3v) is 4.58. The molecule has 0 aliphatic heterocycles. The van der Waals surface area contributed by atoms with Crippen molar-refractivity contribution in [1.82, 2.24) is 20.1 Å². The van der Waals surface area contributed by atoms with Crippen LogP contribution in [-0.2, 0) is 11.8 Å². The van der Waals surface area contributed by atoms with Crippen LogP contribution < -0.4 is 10.1 Å². The average Bonchev–Trinajstić information content (AvgIpc) is 3.27. The van der Waals surface area contributed by atoms with Crippen molar-refractivity contribution in [2.75, 3.05) is 5.75 Å². The molecule has 6 nitrogen and oxygen atoms in total. The summed E-state index contributed by atoms with van der Waals surface area (Å²) >= 11 is 1.39. The fourth-order valence-electron chi connectivity index (χ4n) is 2.19. The van der Waals surface area contributed by atoms with E-state index in [-0.39, 0.29) is 12.0 Å². The second kappa shape index (κ2) is 7.04. The molecule has 0 spiro atoms. The number of hydrogen-bond donors (Lipinski definition) is 1. The molecule has 0 bridgehead atoms. The summed E-state index contributed by atoms with van der Waals surface area (Å²) in [5, 5.41) is 12.0. The molecule has 0 saturated heterocycles. The maximum absolute atomic E-state index is 11.7. The highest BCUT2D eigenvalue weighted by Gasteiger charge is 2.23. The van der Waals surface area contributed by atoms with E-state index in [0.717, 1.165) is 29.6 Å². The van der Waals surface area contributed by atoms with Crippen molar-refractivity contribution >= 4 is 17.7 Å². The number of thioether (sulfide) groups is 1. The van der Waals surface area contributed by atoms with Crippen LogP contribution in [0.2, 0.25) is 0 Å². The van der Waals surface area contributed by atoms with Gasteiger partial charge < -0.3 is 14.6 Å². The van der Waals surface area contributed by atoms with Gasteiger partial charge in [0.2, 0.25) is 5.91 Å². The van der Waals surface area contributed by atoms with Crippen molar-refractivity contribution in [3.05, 3.63) is 36.2 Å². The second-order valence-electron chi connectivity index (χ2n) is 5.60. The lowest BCUT2D eigenvalue weighted by molar-refractivity contribution is -0.118. The maximum atomic E-state index is 11.7. The average molecular weight is 332 g/mol. The van der Waals surface area contributed by atoms with E-state index in [1.165, 1.54) is 11.8 Å². The van der Waals surface area contributed by atoms with Crippen LogP contribution in [0, 0.1) is 0 Å². The summed E-state index contributed by atoms with van der Waals surface area (Å²) in [6.07, 6.45) is 1.97. The summed E-state index contributed by atoms with van der Waals surface area (Å²) < 4.78 is 7.75. The number of carbonyl (C=O) groups excluding carboxylic acids is 1. The molecule has 23 heavy (non-hydrogen) atoms. The Kier molecular flexibility index (Phi) is 4.85. The Morgan fingerprint density at radius 3 is 2.83 bits per heavy atom. The molecular weight excluding hydrogens is 312 g/mol. The molecule has 3 rings (SSSR count). The first-order valence-corrected chi connectivity index (χ1v) is 8.65. The number of amides is 1. The molecule has 1 amide bonds. The van der Waals surface area contributed by atoms with Gasteiger partial charge in [-0.1, -0.05) is 30.0 Å². The number of aromatic nitrogens is 3. The van der Waals surface area contributed by atoms with Gasteiger partial charge in [0.1, 0.15) is 5.75 Å². The fourth-order valence-corrected chi connectivity index (χ4v) is 2.92. The van der Waals surface area contributed by atoms with Gasteiger partial charge in [-0.25, -0.2) is 0 Å². The topological polar surface area (TPSA) is 69.0 Å². The van der Waals surface area contributed by atoms with Crippen LogP contribution in [0.1, 0.15) is 31.7 Å². The first-order chi connectivity index (χ1) is 11.1. The number of ether oxygens (including phenoxy) is 1. The summed E-state index contributed by atoms with van der Waals surface area (Å²) in [6, 6.07) is 10.0. The van der Waals surface area contributed by atoms with Crippen LogP contribution in [0.5, 0.6) is 5.75 Å². The van der Waals surface area contributed by atoms with Gasteiger partial charge in [-0.3, -0.25) is 4.79 Å². The van der Waals surface area contributed by atoms with Crippen LogP contribution in [0.4, 0.5) is 0 Å². The Morgan fingerprint density at radius 1 is 1.39 bits per heavy atom. The number of para-hydroxylation sites is 1. The number of carbonyl (C=O) groups is 1. The molecule has 1 aliphatic rings. The van der Waals surface area contributed by atoms with Gasteiger partial charge >= 0.3 is 0 Å². The number of rotatable bonds is 7. The summed E-state index contributed by atoms with van der Waals surface area (Å²) in [7, 11) is 1.89. The molecule has 1 aromatic carbocycles. The predicted octanol–water partition coefficient (Wildman–Crippen LogP) is 2.33. The van der Waals surface area contributed by atoms with Crippen molar-refractivity contribution in [3.63, 3.8) is 0 Å². The zero-order valence-electron chi connectivity index (χ0n) is 13.2. The van der Waals surface area contributed by atoms with E-state index in [1.807, 2.05) is 48.9 Å². The molecule has 1 fully saturated rings. The molecule has 1 N–H and O–H groups in total. The Balaban J connectivity index is 1.58. The Labute approximate surface area is 139 Å². The first kappa shape index (κ1) is 15.9. The quantitative estimate of drug-likeness (QED) is 0.788. The van der Waals surface area contributed by atoms with Crippen LogP contribution in [-0.4, -0.2) is 32.5 Å². The molecule has 1 unspecified atom stereocenters. The monoisotopic (exact) mass is 332 g/mol. The summed E-state index contributed by atoms with van der Waals surface area (Å²) in [6.45, 7) is 1.94. The van der Waals surface area contributed by atoms with Crippen molar-refractivity contribution < 1.29 is 9.53 Å². The molecule has 1 saturated carbocycles. The van der Waals surface area contributed by atoms with E-state index in [0.29, 0.717) is 11.8 Å². The molecule has 1 aliphatic carbocycles. The van der Waals surface area contributed by atoms with Gasteiger partial charge in [0, 0.05) is 13.1 Å². The minimum Gasteiger partial charge on any atom is -0.483 e. The third kappa shape index (κ3) is 4.25. The summed E-state index contributed by atoms with van der Waals surface area (Å²) in [4.78, 5) is 11.7. The van der Waals surface area contributed by atoms with Crippen molar-refractivity contribution in [2.45, 2.75) is 37.1 Å². The number of hydrogen-bond acceptors (Lipinski definition) is 5. The van der Waals surface area contributed by atoms with Crippen molar-refractivity contribution in [3.8, 4) is 5.75 Å². The predicted molar refractivity (Wildman–Crippen MR) is 88.4 cm³/mol. The van der Waals surface area contributed by atoms with Crippen LogP contribution in [0.15, 0.2) is 35.5 Å². The summed E-state index contributed by atoms with van der Waals surface area (Å²) in [5.41, 5.74) is 0. The van der Waals surface area contributed by atoms with Crippen molar-refractivity contribution in [2.24, 2.45) is 7.05 Å². The zero-order valence-corrected chi connectivity index (χ0v) is 14.0. The Morgan fingerprint density at radius 2 is 2.13 bits per heavy atom. The van der Waals surface area contributed by atoms with Crippen LogP contribution >= 0.6 is 11.8 Å². The lowest BCUT2D eigenvalue weighted by Gasteiger charge is -2.14. The number of nitrogens with zero attached hydrogens (tertiary/aromatic N) is 3. The zero-order chi connectivity index (χ0) is 16.2. The lowest BCUT2D eigenvalue weighted by Crippen LogP contribution is -2.27. The Hall–Kier alpha value is -2.02. The second-order valence-corrected chi connectivity index (χ2v) is 6.55. The molecule has 122 valence electrons. The van der Waals surface area contributed by atoms with Gasteiger partial charge in [-0.2, -0.15) is 0 Å². The molecule has 1 atom stereocenters. The SMILES string of the molecule is CC(Oc1ccccc1)c1nnc(SCC(=O)NC2CC2)n1C. The van der Waals surface area contributed by atoms with Gasteiger partial charge in [0.15, 0.2) is 17.1 Å². The van der Waals surface area contributed by atoms with Gasteiger partial charge in [-0.15, -0.1) is 10.2 Å². The normalized spacial score (nSPS) is 15.2. The highest BCUT2D eigenvalue weighted by Crippen LogP contribution is 2.24. The smallest absolute Gasteiger partial charge is 0.230 e. The van der Waals surface area contributed by atoms with Crippen molar-refractivity contribution in [1.29, 1.82) is 0 Å². The maximum Gasteiger partial charge on any atom is 0.230 e.